The van der Waals surface area contributed by atoms with Gasteiger partial charge in [-0.1, -0.05) is 37.8 Å². The summed E-state index contributed by atoms with van der Waals surface area (Å²) in [5.41, 5.74) is 0. The molecular weight excluding hydrogens is 179 g/mol. The van der Waals surface area contributed by atoms with Gasteiger partial charge in [-0.2, -0.15) is 0 Å². The van der Waals surface area contributed by atoms with Crippen LogP contribution < -0.4 is 0 Å². The first kappa shape index (κ1) is 14.3. The van der Waals surface area contributed by atoms with Crippen molar-refractivity contribution in [3.8, 4) is 0 Å². The molecular formula is C7H16O4P+. The molecule has 2 unspecified atom stereocenters. The number of aliphatic hydroxyl groups excluding tert-OH is 1. The van der Waals surface area contributed by atoms with Crippen molar-refractivity contribution in [1.82, 2.24) is 0 Å². The molecule has 2 N–H and O–H groups in total. The SMILES string of the molecule is C=CC(O)O[P+](=O)O.CCCC. The topological polar surface area (TPSA) is 66.8 Å². The van der Waals surface area contributed by atoms with Crippen LogP contribution in [0.1, 0.15) is 26.7 Å². The molecule has 72 valence electrons. The van der Waals surface area contributed by atoms with Gasteiger partial charge in [0.2, 0.25) is 6.29 Å². The maximum absolute atomic E-state index is 9.69. The summed E-state index contributed by atoms with van der Waals surface area (Å²) in [5, 5.41) is 8.34. The largest absolute Gasteiger partial charge is 0.697 e. The molecule has 0 spiro atoms. The smallest absolute Gasteiger partial charge is 0.361 e. The Bertz CT molecular complexity index is 125. The highest BCUT2D eigenvalue weighted by atomic mass is 31.1. The molecule has 0 fully saturated rings. The summed E-state index contributed by atoms with van der Waals surface area (Å²) in [6.07, 6.45) is 2.30. The van der Waals surface area contributed by atoms with E-state index in [0.717, 1.165) is 6.08 Å². The van der Waals surface area contributed by atoms with Crippen LogP contribution in [0.5, 0.6) is 0 Å². The minimum atomic E-state index is -2.72. The fourth-order valence-corrected chi connectivity index (χ4v) is 0.406. The van der Waals surface area contributed by atoms with E-state index >= 15 is 0 Å². The zero-order chi connectivity index (χ0) is 9.98. The highest BCUT2D eigenvalue weighted by Crippen LogP contribution is 2.16. The van der Waals surface area contributed by atoms with E-state index in [1.54, 1.807) is 0 Å². The molecule has 0 aromatic rings. The lowest BCUT2D eigenvalue weighted by Crippen LogP contribution is -2.00. The van der Waals surface area contributed by atoms with Crippen molar-refractivity contribution in [3.63, 3.8) is 0 Å². The van der Waals surface area contributed by atoms with Crippen LogP contribution in [0.25, 0.3) is 0 Å². The van der Waals surface area contributed by atoms with Crippen LogP contribution in [0.4, 0.5) is 0 Å². The zero-order valence-electron chi connectivity index (χ0n) is 7.43. The second kappa shape index (κ2) is 10.7. The lowest BCUT2D eigenvalue weighted by molar-refractivity contribution is 0.0231. The lowest BCUT2D eigenvalue weighted by Gasteiger charge is -1.88. The van der Waals surface area contributed by atoms with Crippen molar-refractivity contribution in [2.24, 2.45) is 0 Å². The number of hydrogen-bond acceptors (Lipinski definition) is 3. The van der Waals surface area contributed by atoms with E-state index in [-0.39, 0.29) is 0 Å². The molecule has 12 heavy (non-hydrogen) atoms. The fraction of sp³-hybridized carbons (Fsp3) is 0.714. The van der Waals surface area contributed by atoms with Gasteiger partial charge in [0.05, 0.1) is 0 Å². The van der Waals surface area contributed by atoms with Crippen molar-refractivity contribution in [1.29, 1.82) is 0 Å². The van der Waals surface area contributed by atoms with Gasteiger partial charge in [0.15, 0.2) is 0 Å². The molecule has 0 aliphatic heterocycles. The summed E-state index contributed by atoms with van der Waals surface area (Å²) in [6, 6.07) is 0. The molecule has 2 atom stereocenters. The monoisotopic (exact) mass is 195 g/mol. The van der Waals surface area contributed by atoms with Crippen molar-refractivity contribution in [3.05, 3.63) is 12.7 Å². The third kappa shape index (κ3) is 16.4. The summed E-state index contributed by atoms with van der Waals surface area (Å²) < 4.78 is 13.6. The second-order valence-electron chi connectivity index (χ2n) is 1.97. The first-order chi connectivity index (χ1) is 5.58. The normalized spacial score (nSPS) is 12.5. The lowest BCUT2D eigenvalue weighted by atomic mass is 10.4. The molecule has 0 amide bonds. The Hall–Kier alpha value is -0.280. The molecule has 0 rings (SSSR count). The Kier molecular flexibility index (Phi) is 12.7. The van der Waals surface area contributed by atoms with E-state index in [1.807, 2.05) is 0 Å². The van der Waals surface area contributed by atoms with Gasteiger partial charge >= 0.3 is 8.25 Å². The van der Waals surface area contributed by atoms with Crippen molar-refractivity contribution in [2.75, 3.05) is 0 Å². The van der Waals surface area contributed by atoms with Crippen LogP contribution in [0.3, 0.4) is 0 Å². The summed E-state index contributed by atoms with van der Waals surface area (Å²) in [7, 11) is -2.72. The Labute approximate surface area is 73.8 Å². The van der Waals surface area contributed by atoms with Gasteiger partial charge in [-0.25, -0.2) is 0 Å². The van der Waals surface area contributed by atoms with Gasteiger partial charge < -0.3 is 5.11 Å². The maximum atomic E-state index is 9.69. The zero-order valence-corrected chi connectivity index (χ0v) is 8.33. The summed E-state index contributed by atoms with van der Waals surface area (Å²) >= 11 is 0. The van der Waals surface area contributed by atoms with Gasteiger partial charge in [-0.3, -0.25) is 0 Å². The Morgan fingerprint density at radius 2 is 2.00 bits per heavy atom. The molecule has 5 heteroatoms. The molecule has 0 aromatic carbocycles. The van der Waals surface area contributed by atoms with E-state index in [0.29, 0.717) is 0 Å². The number of rotatable bonds is 4. The highest BCUT2D eigenvalue weighted by molar-refractivity contribution is 7.32. The summed E-state index contributed by atoms with van der Waals surface area (Å²) in [4.78, 5) is 7.93. The van der Waals surface area contributed by atoms with Gasteiger partial charge in [0.1, 0.15) is 0 Å². The van der Waals surface area contributed by atoms with E-state index in [9.17, 15) is 4.57 Å². The number of hydrogen-bond donors (Lipinski definition) is 2. The van der Waals surface area contributed by atoms with E-state index in [1.165, 1.54) is 12.8 Å². The molecule has 0 heterocycles. The van der Waals surface area contributed by atoms with Gasteiger partial charge in [0.25, 0.3) is 0 Å². The van der Waals surface area contributed by atoms with E-state index in [2.05, 4.69) is 25.0 Å². The maximum Gasteiger partial charge on any atom is 0.697 e. The molecule has 0 saturated carbocycles. The predicted molar refractivity (Wildman–Crippen MR) is 47.7 cm³/mol. The Balaban J connectivity index is 0. The fourth-order valence-electron chi connectivity index (χ4n) is 0.135. The molecule has 0 aliphatic rings. The van der Waals surface area contributed by atoms with Crippen LogP contribution in [0.2, 0.25) is 0 Å². The van der Waals surface area contributed by atoms with Crippen LogP contribution in [-0.4, -0.2) is 16.3 Å². The van der Waals surface area contributed by atoms with E-state index in [4.69, 9.17) is 10.00 Å². The third-order valence-electron chi connectivity index (χ3n) is 0.900. The minimum Gasteiger partial charge on any atom is -0.361 e. The van der Waals surface area contributed by atoms with Crippen LogP contribution >= 0.6 is 8.25 Å². The first-order valence-corrected chi connectivity index (χ1v) is 4.85. The summed E-state index contributed by atoms with van der Waals surface area (Å²) in [6.45, 7) is 7.46. The molecule has 0 aliphatic carbocycles. The third-order valence-corrected chi connectivity index (χ3v) is 1.30. The molecule has 4 nitrogen and oxygen atoms in total. The van der Waals surface area contributed by atoms with E-state index < -0.39 is 14.5 Å². The van der Waals surface area contributed by atoms with Gasteiger partial charge in [-0.15, -0.1) is 4.89 Å². The highest BCUT2D eigenvalue weighted by Gasteiger charge is 2.16. The quantitative estimate of drug-likeness (QED) is 0.409. The van der Waals surface area contributed by atoms with Crippen molar-refractivity contribution < 1.29 is 19.1 Å². The average Bonchev–Trinajstić information content (AvgIpc) is 2.04. The Morgan fingerprint density at radius 3 is 2.08 bits per heavy atom. The first-order valence-electron chi connectivity index (χ1n) is 3.71. The number of aliphatic hydroxyl groups is 1. The van der Waals surface area contributed by atoms with Gasteiger partial charge in [0, 0.05) is 4.57 Å². The van der Waals surface area contributed by atoms with Crippen molar-refractivity contribution in [2.45, 2.75) is 33.0 Å². The Morgan fingerprint density at radius 1 is 1.58 bits per heavy atom. The van der Waals surface area contributed by atoms with Crippen LogP contribution in [0, 0.1) is 0 Å². The van der Waals surface area contributed by atoms with Gasteiger partial charge in [-0.05, 0) is 6.08 Å². The average molecular weight is 195 g/mol. The van der Waals surface area contributed by atoms with Crippen LogP contribution in [-0.2, 0) is 9.09 Å². The predicted octanol–water partition coefficient (Wildman–Crippen LogP) is 1.96. The second-order valence-corrected chi connectivity index (χ2v) is 2.66. The standard InChI is InChI=1S/C4H10.C3H5O4P/c1-3-4-2;1-2-3(4)7-8(5)6/h3-4H2,1-2H3;2-4H,1H2/p+1. The molecule has 0 aromatic heterocycles. The molecule has 0 saturated heterocycles. The molecule has 0 bridgehead atoms. The molecule has 0 radical (unpaired) electrons. The summed E-state index contributed by atoms with van der Waals surface area (Å²) in [5.74, 6) is 0. The number of unbranched alkanes of at least 4 members (excludes halogenated alkanes) is 1. The minimum absolute atomic E-state index is 1.00. The van der Waals surface area contributed by atoms with Crippen LogP contribution in [0.15, 0.2) is 12.7 Å². The van der Waals surface area contributed by atoms with Crippen molar-refractivity contribution >= 4 is 8.25 Å².